The summed E-state index contributed by atoms with van der Waals surface area (Å²) in [7, 11) is -4.69. The first-order valence-corrected chi connectivity index (χ1v) is 23.1. The Hall–Kier alpha value is -2.15. The molecule has 12 nitrogen and oxygen atoms in total. The molecule has 0 aliphatic rings. The van der Waals surface area contributed by atoms with Crippen LogP contribution in [0.1, 0.15) is 162 Å². The van der Waals surface area contributed by atoms with Crippen LogP contribution in [-0.2, 0) is 32.7 Å². The summed E-state index contributed by atoms with van der Waals surface area (Å²) in [6.07, 6.45) is 31.2. The van der Waals surface area contributed by atoms with Crippen LogP contribution >= 0.6 is 7.82 Å². The van der Waals surface area contributed by atoms with Crippen LogP contribution in [0.4, 0.5) is 0 Å². The van der Waals surface area contributed by atoms with Gasteiger partial charge in [-0.3, -0.25) is 18.6 Å². The number of carbonyl (C=O) groups is 2. The van der Waals surface area contributed by atoms with Crippen molar-refractivity contribution in [2.24, 2.45) is 5.92 Å². The van der Waals surface area contributed by atoms with E-state index in [1.54, 1.807) is 0 Å². The SMILES string of the molecule is CC/C=C\C/C=C\C/C=C\C/C=C\C[C@H](O)[C@@H](O)CCCC(=O)OC[C@H](COP(=O)(O)OC[C@@H](O)CO)OC(=O)CCCCCCCCCCCCCCC(C)C. The Labute approximate surface area is 344 Å². The minimum Gasteiger partial charge on any atom is -0.462 e. The van der Waals surface area contributed by atoms with E-state index in [-0.39, 0.29) is 32.1 Å². The molecule has 0 saturated carbocycles. The quantitative estimate of drug-likeness (QED) is 0.0171. The van der Waals surface area contributed by atoms with Gasteiger partial charge in [0.05, 0.1) is 32.0 Å². The average Bonchev–Trinajstić information content (AvgIpc) is 3.18. The van der Waals surface area contributed by atoms with Crippen LogP contribution in [0.2, 0.25) is 0 Å². The Morgan fingerprint density at radius 3 is 1.63 bits per heavy atom. The lowest BCUT2D eigenvalue weighted by Gasteiger charge is -2.20. The maximum atomic E-state index is 12.6. The second-order valence-electron chi connectivity index (χ2n) is 15.1. The number of aliphatic hydroxyl groups excluding tert-OH is 4. The number of carbonyl (C=O) groups excluding carboxylic acids is 2. The van der Waals surface area contributed by atoms with Gasteiger partial charge in [-0.2, -0.15) is 0 Å². The zero-order chi connectivity index (χ0) is 42.4. The molecule has 0 spiro atoms. The number of allylic oxidation sites excluding steroid dienone is 7. The summed E-state index contributed by atoms with van der Waals surface area (Å²) < 4.78 is 32.5. The second-order valence-corrected chi connectivity index (χ2v) is 16.6. The van der Waals surface area contributed by atoms with Gasteiger partial charge in [0.2, 0.25) is 0 Å². The van der Waals surface area contributed by atoms with Gasteiger partial charge >= 0.3 is 19.8 Å². The van der Waals surface area contributed by atoms with Crippen molar-refractivity contribution in [1.29, 1.82) is 0 Å². The number of esters is 2. The molecular formula is C44H79O12P. The van der Waals surface area contributed by atoms with Gasteiger partial charge in [0.15, 0.2) is 6.10 Å². The fourth-order valence-electron chi connectivity index (χ4n) is 5.68. The molecule has 57 heavy (non-hydrogen) atoms. The minimum atomic E-state index is -4.69. The number of ether oxygens (including phenoxy) is 2. The summed E-state index contributed by atoms with van der Waals surface area (Å²) >= 11 is 0. The van der Waals surface area contributed by atoms with Crippen molar-refractivity contribution in [2.45, 2.75) is 186 Å². The minimum absolute atomic E-state index is 0.0750. The molecule has 13 heteroatoms. The lowest BCUT2D eigenvalue weighted by atomic mass is 10.0. The van der Waals surface area contributed by atoms with E-state index in [1.165, 1.54) is 57.8 Å². The van der Waals surface area contributed by atoms with Crippen LogP contribution in [-0.4, -0.2) is 88.1 Å². The third-order valence-corrected chi connectivity index (χ3v) is 10.1. The first kappa shape index (κ1) is 54.9. The molecule has 0 saturated heterocycles. The van der Waals surface area contributed by atoms with E-state index in [4.69, 9.17) is 19.1 Å². The fourth-order valence-corrected chi connectivity index (χ4v) is 6.47. The maximum absolute atomic E-state index is 12.6. The summed E-state index contributed by atoms with van der Waals surface area (Å²) in [6.45, 7) is 4.24. The number of hydrogen-bond donors (Lipinski definition) is 5. The summed E-state index contributed by atoms with van der Waals surface area (Å²) in [5.41, 5.74) is 0. The summed E-state index contributed by atoms with van der Waals surface area (Å²) in [5.74, 6) is -0.422. The highest BCUT2D eigenvalue weighted by Crippen LogP contribution is 2.43. The Morgan fingerprint density at radius 1 is 0.596 bits per heavy atom. The Bertz CT molecular complexity index is 1140. The van der Waals surface area contributed by atoms with Crippen LogP contribution in [0.25, 0.3) is 0 Å². The molecule has 1 unspecified atom stereocenters. The lowest BCUT2D eigenvalue weighted by Crippen LogP contribution is -2.30. The molecule has 0 heterocycles. The number of rotatable bonds is 39. The van der Waals surface area contributed by atoms with Gasteiger partial charge in [0.25, 0.3) is 0 Å². The summed E-state index contributed by atoms with van der Waals surface area (Å²) in [5, 5.41) is 39.0. The molecule has 0 aliphatic heterocycles. The molecule has 0 aliphatic carbocycles. The molecule has 5 N–H and O–H groups in total. The third-order valence-electron chi connectivity index (χ3n) is 9.13. The van der Waals surface area contributed by atoms with Gasteiger partial charge in [-0.15, -0.1) is 0 Å². The Balaban J connectivity index is 4.54. The van der Waals surface area contributed by atoms with Crippen molar-refractivity contribution in [3.63, 3.8) is 0 Å². The van der Waals surface area contributed by atoms with Crippen molar-refractivity contribution in [2.75, 3.05) is 26.4 Å². The number of aliphatic hydroxyl groups is 4. The molecule has 0 bridgehead atoms. The summed E-state index contributed by atoms with van der Waals surface area (Å²) in [6, 6.07) is 0. The molecular weight excluding hydrogens is 751 g/mol. The highest BCUT2D eigenvalue weighted by Gasteiger charge is 2.27. The standard InChI is InChI=1S/C44H79O12P/c1-4-5-6-7-8-9-10-14-17-20-23-26-30-41(47)42(48)31-28-33-43(49)53-36-40(37-55-57(51,52)54-35-39(46)34-45)56-44(50)32-27-24-21-18-15-12-11-13-16-19-22-25-29-38(2)3/h5-6,8-9,14,17,23,26,38-42,45-48H,4,7,10-13,15-16,18-22,24-25,27-37H2,1-3H3,(H,51,52)/b6-5-,9-8-,17-14-,26-23-/t39-,40+,41-,42-/m0/s1. The van der Waals surface area contributed by atoms with E-state index in [1.807, 2.05) is 18.2 Å². The fraction of sp³-hybridized carbons (Fsp3) is 0.773. The first-order valence-electron chi connectivity index (χ1n) is 21.6. The molecule has 5 atom stereocenters. The molecule has 0 aromatic rings. The number of phosphoric ester groups is 1. The first-order chi connectivity index (χ1) is 27.4. The zero-order valence-electron chi connectivity index (χ0n) is 35.4. The molecule has 0 fully saturated rings. The van der Waals surface area contributed by atoms with Crippen LogP contribution in [0.3, 0.4) is 0 Å². The van der Waals surface area contributed by atoms with E-state index in [0.29, 0.717) is 12.8 Å². The monoisotopic (exact) mass is 831 g/mol. The largest absolute Gasteiger partial charge is 0.472 e. The number of phosphoric acid groups is 1. The van der Waals surface area contributed by atoms with Crippen molar-refractivity contribution >= 4 is 19.8 Å². The molecule has 0 aromatic heterocycles. The van der Waals surface area contributed by atoms with Gasteiger partial charge in [-0.25, -0.2) is 4.57 Å². The highest BCUT2D eigenvalue weighted by atomic mass is 31.2. The molecule has 0 amide bonds. The zero-order valence-corrected chi connectivity index (χ0v) is 36.3. The van der Waals surface area contributed by atoms with Gasteiger partial charge < -0.3 is 34.8 Å². The lowest BCUT2D eigenvalue weighted by molar-refractivity contribution is -0.161. The normalized spacial score (nSPS) is 15.5. The molecule has 0 aromatic carbocycles. The van der Waals surface area contributed by atoms with E-state index in [2.05, 4.69) is 55.7 Å². The van der Waals surface area contributed by atoms with Crippen molar-refractivity contribution in [1.82, 2.24) is 0 Å². The molecule has 0 rings (SSSR count). The maximum Gasteiger partial charge on any atom is 0.472 e. The van der Waals surface area contributed by atoms with Crippen LogP contribution in [0.5, 0.6) is 0 Å². The number of unbranched alkanes of at least 4 members (excludes halogenated alkanes) is 11. The Kier molecular flexibility index (Phi) is 36.6. The Morgan fingerprint density at radius 2 is 1.09 bits per heavy atom. The smallest absolute Gasteiger partial charge is 0.462 e. The van der Waals surface area contributed by atoms with E-state index < -0.39 is 70.6 Å². The van der Waals surface area contributed by atoms with E-state index >= 15 is 0 Å². The van der Waals surface area contributed by atoms with E-state index in [0.717, 1.165) is 44.4 Å². The van der Waals surface area contributed by atoms with Crippen LogP contribution in [0.15, 0.2) is 48.6 Å². The predicted octanol–water partition coefficient (Wildman–Crippen LogP) is 9.13. The van der Waals surface area contributed by atoms with Crippen LogP contribution < -0.4 is 0 Å². The predicted molar refractivity (Wildman–Crippen MR) is 226 cm³/mol. The average molecular weight is 831 g/mol. The summed E-state index contributed by atoms with van der Waals surface area (Å²) in [4.78, 5) is 35.0. The van der Waals surface area contributed by atoms with Crippen molar-refractivity contribution < 1.29 is 58.0 Å². The highest BCUT2D eigenvalue weighted by molar-refractivity contribution is 7.47. The topological polar surface area (TPSA) is 189 Å². The van der Waals surface area contributed by atoms with Crippen molar-refractivity contribution in [3.05, 3.63) is 48.6 Å². The second kappa shape index (κ2) is 38.1. The van der Waals surface area contributed by atoms with Gasteiger partial charge in [0, 0.05) is 12.8 Å². The van der Waals surface area contributed by atoms with Crippen molar-refractivity contribution in [3.8, 4) is 0 Å². The third kappa shape index (κ3) is 37.8. The van der Waals surface area contributed by atoms with Gasteiger partial charge in [-0.1, -0.05) is 146 Å². The molecule has 332 valence electrons. The number of hydrogen-bond acceptors (Lipinski definition) is 11. The van der Waals surface area contributed by atoms with Crippen LogP contribution in [0, 0.1) is 5.92 Å². The van der Waals surface area contributed by atoms with Gasteiger partial charge in [-0.05, 0) is 57.3 Å². The molecule has 0 radical (unpaired) electrons. The van der Waals surface area contributed by atoms with E-state index in [9.17, 15) is 34.4 Å². The van der Waals surface area contributed by atoms with Gasteiger partial charge in [0.1, 0.15) is 12.7 Å².